The average Bonchev–Trinajstić information content (AvgIpc) is 2.70. The van der Waals surface area contributed by atoms with Gasteiger partial charge in [0.05, 0.1) is 18.3 Å². The molecule has 0 unspecified atom stereocenters. The molecule has 1 aromatic heterocycles. The number of hydrogen-bond donors (Lipinski definition) is 0. The third-order valence-electron chi connectivity index (χ3n) is 3.75. The second-order valence-corrected chi connectivity index (χ2v) is 5.52. The summed E-state index contributed by atoms with van der Waals surface area (Å²) >= 11 is 0. The van der Waals surface area contributed by atoms with Crippen LogP contribution in [0.4, 0.5) is 0 Å². The number of aromatic nitrogens is 1. The molecule has 5 nitrogen and oxygen atoms in total. The Morgan fingerprint density at radius 1 is 1.00 bits per heavy atom. The number of benzene rings is 2. The quantitative estimate of drug-likeness (QED) is 0.387. The van der Waals surface area contributed by atoms with E-state index in [0.29, 0.717) is 11.3 Å². The van der Waals surface area contributed by atoms with Crippen molar-refractivity contribution in [2.75, 3.05) is 13.7 Å². The van der Waals surface area contributed by atoms with Gasteiger partial charge in [0.2, 0.25) is 0 Å². The monoisotopic (exact) mass is 347 g/mol. The standard InChI is InChI=1S/C21H17NO4/c1-25-21(24)14-26-18-11-7-16(8-12-18)20(23)13-10-17-9-6-15-4-2-3-5-19(15)22-17/h2-13H,14H2,1H3/b13-10+. The highest BCUT2D eigenvalue weighted by Gasteiger charge is 2.05. The van der Waals surface area contributed by atoms with Crippen LogP contribution in [0.25, 0.3) is 17.0 Å². The Labute approximate surface area is 150 Å². The van der Waals surface area contributed by atoms with Crippen molar-refractivity contribution in [2.45, 2.75) is 0 Å². The van der Waals surface area contributed by atoms with Gasteiger partial charge in [0.25, 0.3) is 0 Å². The van der Waals surface area contributed by atoms with Gasteiger partial charge >= 0.3 is 5.97 Å². The largest absolute Gasteiger partial charge is 0.482 e. The molecule has 0 N–H and O–H groups in total. The maximum absolute atomic E-state index is 12.3. The maximum atomic E-state index is 12.3. The Morgan fingerprint density at radius 2 is 1.77 bits per heavy atom. The number of esters is 1. The number of pyridine rings is 1. The van der Waals surface area contributed by atoms with Crippen LogP contribution in [-0.4, -0.2) is 30.5 Å². The van der Waals surface area contributed by atoms with E-state index in [0.717, 1.165) is 16.6 Å². The third-order valence-corrected chi connectivity index (χ3v) is 3.75. The van der Waals surface area contributed by atoms with Crippen LogP contribution in [-0.2, 0) is 9.53 Å². The molecule has 0 amide bonds. The second-order valence-electron chi connectivity index (χ2n) is 5.52. The van der Waals surface area contributed by atoms with Crippen molar-refractivity contribution in [2.24, 2.45) is 0 Å². The summed E-state index contributed by atoms with van der Waals surface area (Å²) in [5, 5.41) is 1.05. The molecular formula is C21H17NO4. The fourth-order valence-electron chi connectivity index (χ4n) is 2.35. The molecule has 1 heterocycles. The van der Waals surface area contributed by atoms with E-state index in [4.69, 9.17) is 4.74 Å². The fraction of sp³-hybridized carbons (Fsp3) is 0.0952. The summed E-state index contributed by atoms with van der Waals surface area (Å²) in [4.78, 5) is 27.8. The van der Waals surface area contributed by atoms with E-state index in [-0.39, 0.29) is 12.4 Å². The van der Waals surface area contributed by atoms with E-state index in [2.05, 4.69) is 9.72 Å². The van der Waals surface area contributed by atoms with Gasteiger partial charge in [-0.3, -0.25) is 4.79 Å². The predicted molar refractivity (Wildman–Crippen MR) is 99.1 cm³/mol. The number of fused-ring (bicyclic) bond motifs is 1. The third kappa shape index (κ3) is 4.33. The lowest BCUT2D eigenvalue weighted by molar-refractivity contribution is -0.142. The van der Waals surface area contributed by atoms with Gasteiger partial charge in [-0.1, -0.05) is 24.3 Å². The number of ether oxygens (including phenoxy) is 2. The highest BCUT2D eigenvalue weighted by Crippen LogP contribution is 2.15. The van der Waals surface area contributed by atoms with Gasteiger partial charge in [-0.2, -0.15) is 0 Å². The molecule has 0 aliphatic rings. The maximum Gasteiger partial charge on any atom is 0.343 e. The molecular weight excluding hydrogens is 330 g/mol. The van der Waals surface area contributed by atoms with Crippen LogP contribution in [0, 0.1) is 0 Å². The van der Waals surface area contributed by atoms with Crippen molar-refractivity contribution in [3.8, 4) is 5.75 Å². The Bertz CT molecular complexity index is 961. The van der Waals surface area contributed by atoms with Crippen molar-refractivity contribution in [3.05, 3.63) is 78.0 Å². The summed E-state index contributed by atoms with van der Waals surface area (Å²) in [6.45, 7) is -0.169. The summed E-state index contributed by atoms with van der Waals surface area (Å²) in [6.07, 6.45) is 3.18. The summed E-state index contributed by atoms with van der Waals surface area (Å²) in [6, 6.07) is 18.2. The highest BCUT2D eigenvalue weighted by molar-refractivity contribution is 6.06. The SMILES string of the molecule is COC(=O)COc1ccc(C(=O)/C=C/c2ccc3ccccc3n2)cc1. The molecule has 2 aromatic carbocycles. The van der Waals surface area contributed by atoms with Gasteiger partial charge < -0.3 is 9.47 Å². The van der Waals surface area contributed by atoms with Crippen molar-refractivity contribution < 1.29 is 19.1 Å². The van der Waals surface area contributed by atoms with Crippen molar-refractivity contribution in [1.29, 1.82) is 0 Å². The molecule has 3 aromatic rings. The number of carbonyl (C=O) groups is 2. The van der Waals surface area contributed by atoms with Gasteiger partial charge in [0.1, 0.15) is 5.75 Å². The number of rotatable bonds is 6. The zero-order valence-corrected chi connectivity index (χ0v) is 14.2. The first kappa shape index (κ1) is 17.4. The van der Waals surface area contributed by atoms with Gasteiger partial charge in [0.15, 0.2) is 12.4 Å². The number of hydrogen-bond acceptors (Lipinski definition) is 5. The molecule has 0 bridgehead atoms. The van der Waals surface area contributed by atoms with Gasteiger partial charge in [0, 0.05) is 10.9 Å². The molecule has 0 radical (unpaired) electrons. The van der Waals surface area contributed by atoms with Gasteiger partial charge in [-0.15, -0.1) is 0 Å². The summed E-state index contributed by atoms with van der Waals surface area (Å²) in [5.41, 5.74) is 2.12. The molecule has 0 fully saturated rings. The Hall–Kier alpha value is -3.47. The number of para-hydroxylation sites is 1. The van der Waals surface area contributed by atoms with E-state index in [1.807, 2.05) is 36.4 Å². The van der Waals surface area contributed by atoms with E-state index in [1.54, 1.807) is 30.3 Å². The number of methoxy groups -OCH3 is 1. The zero-order chi connectivity index (χ0) is 18.4. The van der Waals surface area contributed by atoms with Crippen LogP contribution < -0.4 is 4.74 Å². The molecule has 3 rings (SSSR count). The molecule has 0 aliphatic heterocycles. The summed E-state index contributed by atoms with van der Waals surface area (Å²) < 4.78 is 9.75. The molecule has 0 saturated carbocycles. The first-order chi connectivity index (χ1) is 12.7. The minimum Gasteiger partial charge on any atom is -0.482 e. The van der Waals surface area contributed by atoms with E-state index in [9.17, 15) is 9.59 Å². The van der Waals surface area contributed by atoms with Crippen molar-refractivity contribution in [1.82, 2.24) is 4.98 Å². The topological polar surface area (TPSA) is 65.5 Å². The first-order valence-corrected chi connectivity index (χ1v) is 8.03. The molecule has 0 saturated heterocycles. The smallest absolute Gasteiger partial charge is 0.343 e. The van der Waals surface area contributed by atoms with E-state index >= 15 is 0 Å². The fourth-order valence-corrected chi connectivity index (χ4v) is 2.35. The van der Waals surface area contributed by atoms with Crippen molar-refractivity contribution >= 4 is 28.7 Å². The number of ketones is 1. The number of nitrogens with zero attached hydrogens (tertiary/aromatic N) is 1. The molecule has 0 spiro atoms. The zero-order valence-electron chi connectivity index (χ0n) is 14.2. The molecule has 0 atom stereocenters. The number of allylic oxidation sites excluding steroid dienone is 1. The van der Waals surface area contributed by atoms with Crippen LogP contribution in [0.15, 0.2) is 66.7 Å². The molecule has 5 heteroatoms. The van der Waals surface area contributed by atoms with Crippen LogP contribution in [0.3, 0.4) is 0 Å². The van der Waals surface area contributed by atoms with Crippen molar-refractivity contribution in [3.63, 3.8) is 0 Å². The summed E-state index contributed by atoms with van der Waals surface area (Å²) in [7, 11) is 1.30. The predicted octanol–water partition coefficient (Wildman–Crippen LogP) is 3.68. The van der Waals surface area contributed by atoms with Gasteiger partial charge in [-0.05, 0) is 48.6 Å². The molecule has 0 aliphatic carbocycles. The van der Waals surface area contributed by atoms with Crippen LogP contribution in [0.1, 0.15) is 16.1 Å². The normalized spacial score (nSPS) is 10.8. The molecule has 130 valence electrons. The van der Waals surface area contributed by atoms with Crippen LogP contribution in [0.5, 0.6) is 5.75 Å². The highest BCUT2D eigenvalue weighted by atomic mass is 16.6. The Morgan fingerprint density at radius 3 is 2.54 bits per heavy atom. The minimum absolute atomic E-state index is 0.139. The summed E-state index contributed by atoms with van der Waals surface area (Å²) in [5.74, 6) is -0.109. The Balaban J connectivity index is 1.66. The van der Waals surface area contributed by atoms with Crippen LogP contribution >= 0.6 is 0 Å². The lowest BCUT2D eigenvalue weighted by Crippen LogP contribution is -2.12. The average molecular weight is 347 g/mol. The Kier molecular flexibility index (Phi) is 5.39. The van der Waals surface area contributed by atoms with Gasteiger partial charge in [-0.25, -0.2) is 9.78 Å². The minimum atomic E-state index is -0.462. The number of carbonyl (C=O) groups excluding carboxylic acids is 2. The lowest BCUT2D eigenvalue weighted by Gasteiger charge is -2.05. The second kappa shape index (κ2) is 8.07. The first-order valence-electron chi connectivity index (χ1n) is 8.03. The van der Waals surface area contributed by atoms with E-state index < -0.39 is 5.97 Å². The van der Waals surface area contributed by atoms with E-state index in [1.165, 1.54) is 13.2 Å². The molecule has 26 heavy (non-hydrogen) atoms. The lowest BCUT2D eigenvalue weighted by atomic mass is 10.1. The van der Waals surface area contributed by atoms with Crippen LogP contribution in [0.2, 0.25) is 0 Å².